The monoisotopic (exact) mass is 292 g/mol. The Morgan fingerprint density at radius 3 is 2.86 bits per heavy atom. The van der Waals surface area contributed by atoms with Gasteiger partial charge in [-0.3, -0.25) is 14.9 Å². The molecule has 1 fully saturated rings. The topological polar surface area (TPSA) is 123 Å². The second-order valence-corrected chi connectivity index (χ2v) is 4.68. The lowest BCUT2D eigenvalue weighted by molar-refractivity contribution is -0.385. The fourth-order valence-electron chi connectivity index (χ4n) is 2.19. The van der Waals surface area contributed by atoms with Gasteiger partial charge in [0, 0.05) is 42.6 Å². The summed E-state index contributed by atoms with van der Waals surface area (Å²) in [7, 11) is 0. The van der Waals surface area contributed by atoms with E-state index >= 15 is 0 Å². The molecule has 112 valence electrons. The Hall–Kier alpha value is -2.64. The van der Waals surface area contributed by atoms with E-state index < -0.39 is 4.92 Å². The number of nitrogens with two attached hydrogens (primary N) is 1. The molecule has 0 aliphatic carbocycles. The summed E-state index contributed by atoms with van der Waals surface area (Å²) in [5, 5.41) is 18.2. The van der Waals surface area contributed by atoms with E-state index in [4.69, 9.17) is 15.9 Å². The van der Waals surface area contributed by atoms with Crippen LogP contribution in [0.3, 0.4) is 0 Å². The number of nitrogens with zero attached hydrogens (tertiary/aromatic N) is 2. The summed E-state index contributed by atoms with van der Waals surface area (Å²) in [4.78, 5) is 23.6. The number of nitrogen functional groups attached to an aromatic ring is 1. The highest BCUT2D eigenvalue weighted by Gasteiger charge is 2.21. The molecule has 0 spiro atoms. The average molecular weight is 292 g/mol. The standard InChI is InChI=1S/C13H16N4O4/c14-8-9-6-11(17(19)20)12(7-10(9)15)21-5-4-16-3-1-2-13(16)18/h6-8,14H,1-5,15H2. The largest absolute Gasteiger partial charge is 0.485 e. The summed E-state index contributed by atoms with van der Waals surface area (Å²) in [5.41, 5.74) is 5.96. The SMILES string of the molecule is N=Cc1cc([N+](=O)[O-])c(OCCN2CCCC2=O)cc1N. The van der Waals surface area contributed by atoms with E-state index in [0.29, 0.717) is 19.5 Å². The number of benzene rings is 1. The van der Waals surface area contributed by atoms with Gasteiger partial charge in [-0.15, -0.1) is 0 Å². The van der Waals surface area contributed by atoms with Crippen LogP contribution >= 0.6 is 0 Å². The van der Waals surface area contributed by atoms with Crippen LogP contribution in [0.1, 0.15) is 18.4 Å². The zero-order valence-electron chi connectivity index (χ0n) is 11.4. The van der Waals surface area contributed by atoms with E-state index in [1.165, 1.54) is 12.1 Å². The molecule has 8 heteroatoms. The molecule has 1 aliphatic heterocycles. The number of carbonyl (C=O) groups is 1. The van der Waals surface area contributed by atoms with Crippen molar-refractivity contribution in [2.24, 2.45) is 0 Å². The minimum atomic E-state index is -0.581. The van der Waals surface area contributed by atoms with Crippen molar-refractivity contribution in [1.82, 2.24) is 4.90 Å². The van der Waals surface area contributed by atoms with E-state index in [-0.39, 0.29) is 35.2 Å². The quantitative estimate of drug-likeness (QED) is 0.352. The molecule has 2 rings (SSSR count). The second kappa shape index (κ2) is 6.21. The van der Waals surface area contributed by atoms with Crippen molar-refractivity contribution in [2.45, 2.75) is 12.8 Å². The van der Waals surface area contributed by atoms with Gasteiger partial charge in [0.25, 0.3) is 0 Å². The summed E-state index contributed by atoms with van der Waals surface area (Å²) >= 11 is 0. The van der Waals surface area contributed by atoms with Crippen molar-refractivity contribution in [3.05, 3.63) is 27.8 Å². The van der Waals surface area contributed by atoms with Gasteiger partial charge < -0.3 is 20.8 Å². The predicted octanol–water partition coefficient (Wildman–Crippen LogP) is 1.18. The molecule has 1 aromatic rings. The number of hydrogen-bond acceptors (Lipinski definition) is 6. The lowest BCUT2D eigenvalue weighted by Gasteiger charge is -2.16. The van der Waals surface area contributed by atoms with Crippen molar-refractivity contribution in [3.63, 3.8) is 0 Å². The van der Waals surface area contributed by atoms with Crippen LogP contribution in [0.15, 0.2) is 12.1 Å². The number of carbonyl (C=O) groups excluding carboxylic acids is 1. The minimum Gasteiger partial charge on any atom is -0.485 e. The van der Waals surface area contributed by atoms with Crippen LogP contribution in [0, 0.1) is 15.5 Å². The van der Waals surface area contributed by atoms with Gasteiger partial charge >= 0.3 is 5.69 Å². The Morgan fingerprint density at radius 2 is 2.29 bits per heavy atom. The molecule has 0 unspecified atom stereocenters. The summed E-state index contributed by atoms with van der Waals surface area (Å²) in [6, 6.07) is 2.54. The highest BCUT2D eigenvalue weighted by molar-refractivity contribution is 5.87. The average Bonchev–Trinajstić information content (AvgIpc) is 2.84. The van der Waals surface area contributed by atoms with E-state index in [1.54, 1.807) is 4.90 Å². The van der Waals surface area contributed by atoms with E-state index in [1.807, 2.05) is 0 Å². The molecule has 3 N–H and O–H groups in total. The third-order valence-electron chi connectivity index (χ3n) is 3.31. The third kappa shape index (κ3) is 3.28. The predicted molar refractivity (Wildman–Crippen MR) is 76.7 cm³/mol. The van der Waals surface area contributed by atoms with Crippen molar-refractivity contribution < 1.29 is 14.5 Å². The van der Waals surface area contributed by atoms with Gasteiger partial charge in [-0.1, -0.05) is 0 Å². The van der Waals surface area contributed by atoms with Gasteiger partial charge in [-0.05, 0) is 6.42 Å². The van der Waals surface area contributed by atoms with Crippen LogP contribution in [-0.4, -0.2) is 41.6 Å². The molecular formula is C13H16N4O4. The molecule has 8 nitrogen and oxygen atoms in total. The number of likely N-dealkylation sites (tertiary alicyclic amines) is 1. The number of amides is 1. The first-order chi connectivity index (χ1) is 10.0. The van der Waals surface area contributed by atoms with Crippen LogP contribution in [0.2, 0.25) is 0 Å². The fraction of sp³-hybridized carbons (Fsp3) is 0.385. The smallest absolute Gasteiger partial charge is 0.311 e. The molecule has 0 aromatic heterocycles. The van der Waals surface area contributed by atoms with Crippen LogP contribution in [0.5, 0.6) is 5.75 Å². The first-order valence-corrected chi connectivity index (χ1v) is 6.52. The summed E-state index contributed by atoms with van der Waals surface area (Å²) in [6.07, 6.45) is 2.33. The second-order valence-electron chi connectivity index (χ2n) is 4.68. The molecule has 1 aliphatic rings. The Balaban J connectivity index is 2.08. The molecule has 0 bridgehead atoms. The van der Waals surface area contributed by atoms with Gasteiger partial charge in [0.1, 0.15) is 6.61 Å². The first kappa shape index (κ1) is 14.8. The normalized spacial score (nSPS) is 14.3. The van der Waals surface area contributed by atoms with Crippen molar-refractivity contribution in [1.29, 1.82) is 5.41 Å². The van der Waals surface area contributed by atoms with Crippen LogP contribution < -0.4 is 10.5 Å². The third-order valence-corrected chi connectivity index (χ3v) is 3.31. The zero-order valence-corrected chi connectivity index (χ0v) is 11.4. The number of anilines is 1. The summed E-state index contributed by atoms with van der Waals surface area (Å²) < 4.78 is 5.40. The van der Waals surface area contributed by atoms with E-state index in [9.17, 15) is 14.9 Å². The van der Waals surface area contributed by atoms with Crippen molar-refractivity contribution in [2.75, 3.05) is 25.4 Å². The Morgan fingerprint density at radius 1 is 1.52 bits per heavy atom. The Labute approximate surface area is 121 Å². The number of rotatable bonds is 6. The Kier molecular flexibility index (Phi) is 4.36. The lowest BCUT2D eigenvalue weighted by atomic mass is 10.1. The molecule has 0 radical (unpaired) electrons. The molecule has 1 amide bonds. The minimum absolute atomic E-state index is 0.0507. The molecule has 0 atom stereocenters. The number of nitro benzene ring substituents is 1. The van der Waals surface area contributed by atoms with E-state index in [2.05, 4.69) is 0 Å². The number of nitro groups is 1. The van der Waals surface area contributed by atoms with Crippen LogP contribution in [-0.2, 0) is 4.79 Å². The highest BCUT2D eigenvalue weighted by atomic mass is 16.6. The van der Waals surface area contributed by atoms with Crippen molar-refractivity contribution >= 4 is 23.5 Å². The number of nitrogens with one attached hydrogen (secondary N) is 1. The van der Waals surface area contributed by atoms with E-state index in [0.717, 1.165) is 12.6 Å². The van der Waals surface area contributed by atoms with Gasteiger partial charge in [-0.2, -0.15) is 0 Å². The molecule has 21 heavy (non-hydrogen) atoms. The molecule has 0 saturated carbocycles. The fourth-order valence-corrected chi connectivity index (χ4v) is 2.19. The molecule has 1 heterocycles. The molecule has 1 saturated heterocycles. The summed E-state index contributed by atoms with van der Waals surface area (Å²) in [6.45, 7) is 1.25. The first-order valence-electron chi connectivity index (χ1n) is 6.52. The lowest BCUT2D eigenvalue weighted by Crippen LogP contribution is -2.29. The zero-order chi connectivity index (χ0) is 15.4. The van der Waals surface area contributed by atoms with Gasteiger partial charge in [0.05, 0.1) is 11.5 Å². The summed E-state index contributed by atoms with van der Waals surface area (Å²) in [5.74, 6) is 0.126. The Bertz CT molecular complexity index is 588. The maximum Gasteiger partial charge on any atom is 0.311 e. The maximum absolute atomic E-state index is 11.4. The van der Waals surface area contributed by atoms with Crippen LogP contribution in [0.25, 0.3) is 0 Å². The molecule has 1 aromatic carbocycles. The van der Waals surface area contributed by atoms with Crippen LogP contribution in [0.4, 0.5) is 11.4 Å². The highest BCUT2D eigenvalue weighted by Crippen LogP contribution is 2.31. The van der Waals surface area contributed by atoms with Gasteiger partial charge in [-0.25, -0.2) is 0 Å². The van der Waals surface area contributed by atoms with Crippen molar-refractivity contribution in [3.8, 4) is 5.75 Å². The number of ether oxygens (including phenoxy) is 1. The maximum atomic E-state index is 11.4. The van der Waals surface area contributed by atoms with Gasteiger partial charge in [0.2, 0.25) is 5.91 Å². The van der Waals surface area contributed by atoms with Gasteiger partial charge in [0.15, 0.2) is 5.75 Å². The number of hydrogen-bond donors (Lipinski definition) is 2. The molecular weight excluding hydrogens is 276 g/mol.